The molecule has 158 valence electrons. The van der Waals surface area contributed by atoms with Gasteiger partial charge in [0.05, 0.1) is 29.9 Å². The standard InChI is InChI=1S/C22H20N4O5/c1-30-20-12-17(14-23-25-22(27)24-18-10-6-3-7-11-18)19(26(28)29)13-21(20)31-15-16-8-4-2-5-9-16/h2-14H,15H2,1H3,(H2,24,25,27)/b23-14-. The number of urea groups is 1. The van der Waals surface area contributed by atoms with Crippen LogP contribution < -0.4 is 20.2 Å². The zero-order valence-corrected chi connectivity index (χ0v) is 16.6. The van der Waals surface area contributed by atoms with E-state index in [1.165, 1.54) is 25.5 Å². The van der Waals surface area contributed by atoms with Crippen molar-refractivity contribution in [2.45, 2.75) is 6.61 Å². The van der Waals surface area contributed by atoms with Crippen molar-refractivity contribution in [3.8, 4) is 11.5 Å². The highest BCUT2D eigenvalue weighted by Gasteiger charge is 2.19. The number of carbonyl (C=O) groups is 1. The van der Waals surface area contributed by atoms with Crippen LogP contribution in [0.5, 0.6) is 11.5 Å². The topological polar surface area (TPSA) is 115 Å². The highest BCUT2D eigenvalue weighted by molar-refractivity contribution is 5.91. The van der Waals surface area contributed by atoms with Crippen LogP contribution in [0.15, 0.2) is 77.9 Å². The first kappa shape index (κ1) is 21.3. The second kappa shape index (κ2) is 10.4. The van der Waals surface area contributed by atoms with Gasteiger partial charge in [-0.15, -0.1) is 0 Å². The Hall–Kier alpha value is -4.40. The van der Waals surface area contributed by atoms with Crippen LogP contribution in [0.4, 0.5) is 16.2 Å². The highest BCUT2D eigenvalue weighted by Crippen LogP contribution is 2.34. The van der Waals surface area contributed by atoms with Crippen molar-refractivity contribution in [3.63, 3.8) is 0 Å². The van der Waals surface area contributed by atoms with Crippen LogP contribution in [-0.2, 0) is 6.61 Å². The Morgan fingerprint density at radius 1 is 1.06 bits per heavy atom. The number of hydrazone groups is 1. The molecule has 9 heteroatoms. The van der Waals surface area contributed by atoms with Crippen molar-refractivity contribution in [3.05, 3.63) is 94.0 Å². The van der Waals surface area contributed by atoms with Gasteiger partial charge in [-0.2, -0.15) is 5.10 Å². The molecule has 0 atom stereocenters. The van der Waals surface area contributed by atoms with Gasteiger partial charge in [0.1, 0.15) is 6.61 Å². The maximum absolute atomic E-state index is 11.9. The predicted molar refractivity (Wildman–Crippen MR) is 117 cm³/mol. The van der Waals surface area contributed by atoms with Gasteiger partial charge < -0.3 is 14.8 Å². The molecular formula is C22H20N4O5. The molecule has 0 aliphatic rings. The molecule has 0 aliphatic heterocycles. The summed E-state index contributed by atoms with van der Waals surface area (Å²) in [5, 5.41) is 17.9. The van der Waals surface area contributed by atoms with Crippen molar-refractivity contribution in [2.75, 3.05) is 12.4 Å². The lowest BCUT2D eigenvalue weighted by Gasteiger charge is -2.12. The molecule has 0 spiro atoms. The third-order valence-electron chi connectivity index (χ3n) is 4.15. The molecule has 0 fully saturated rings. The average Bonchev–Trinajstić information content (AvgIpc) is 2.79. The van der Waals surface area contributed by atoms with Gasteiger partial charge in [-0.05, 0) is 23.8 Å². The van der Waals surface area contributed by atoms with E-state index in [9.17, 15) is 14.9 Å². The van der Waals surface area contributed by atoms with Crippen LogP contribution in [0.1, 0.15) is 11.1 Å². The van der Waals surface area contributed by atoms with E-state index in [0.29, 0.717) is 11.4 Å². The van der Waals surface area contributed by atoms with E-state index in [4.69, 9.17) is 9.47 Å². The van der Waals surface area contributed by atoms with Crippen molar-refractivity contribution in [1.29, 1.82) is 0 Å². The smallest absolute Gasteiger partial charge is 0.339 e. The predicted octanol–water partition coefficient (Wildman–Crippen LogP) is 4.34. The van der Waals surface area contributed by atoms with Crippen molar-refractivity contribution in [1.82, 2.24) is 5.43 Å². The summed E-state index contributed by atoms with van der Waals surface area (Å²) >= 11 is 0. The van der Waals surface area contributed by atoms with Gasteiger partial charge in [-0.3, -0.25) is 10.1 Å². The number of para-hydroxylation sites is 1. The van der Waals surface area contributed by atoms with E-state index in [2.05, 4.69) is 15.8 Å². The van der Waals surface area contributed by atoms with Gasteiger partial charge in [0, 0.05) is 5.69 Å². The molecule has 3 rings (SSSR count). The molecule has 0 aromatic heterocycles. The van der Waals surface area contributed by atoms with Gasteiger partial charge in [0.2, 0.25) is 0 Å². The van der Waals surface area contributed by atoms with Crippen LogP contribution >= 0.6 is 0 Å². The maximum Gasteiger partial charge on any atom is 0.339 e. The van der Waals surface area contributed by atoms with E-state index in [1.807, 2.05) is 36.4 Å². The second-order valence-electron chi connectivity index (χ2n) is 6.28. The third-order valence-corrected chi connectivity index (χ3v) is 4.15. The zero-order valence-electron chi connectivity index (χ0n) is 16.6. The SMILES string of the molecule is COc1cc(/C=N\NC(=O)Nc2ccccc2)c([N+](=O)[O-])cc1OCc1ccccc1. The van der Waals surface area contributed by atoms with Crippen LogP contribution in [0.2, 0.25) is 0 Å². The molecule has 31 heavy (non-hydrogen) atoms. The number of amides is 2. The number of benzene rings is 3. The molecule has 0 saturated carbocycles. The molecule has 9 nitrogen and oxygen atoms in total. The van der Waals surface area contributed by atoms with Crippen molar-refractivity contribution in [2.24, 2.45) is 5.10 Å². The number of anilines is 1. The van der Waals surface area contributed by atoms with E-state index in [0.717, 1.165) is 5.56 Å². The van der Waals surface area contributed by atoms with Gasteiger partial charge in [-0.25, -0.2) is 10.2 Å². The van der Waals surface area contributed by atoms with Crippen LogP contribution in [0.3, 0.4) is 0 Å². The molecule has 0 radical (unpaired) electrons. The third kappa shape index (κ3) is 6.04. The van der Waals surface area contributed by atoms with E-state index in [-0.39, 0.29) is 23.6 Å². The quantitative estimate of drug-likeness (QED) is 0.320. The number of carbonyl (C=O) groups excluding carboxylic acids is 1. The Bertz CT molecular complexity index is 1070. The molecule has 3 aromatic rings. The van der Waals surface area contributed by atoms with Crippen molar-refractivity contribution >= 4 is 23.6 Å². The highest BCUT2D eigenvalue weighted by atomic mass is 16.6. The molecule has 2 amide bonds. The first-order valence-corrected chi connectivity index (χ1v) is 9.25. The van der Waals surface area contributed by atoms with Gasteiger partial charge in [0.25, 0.3) is 5.69 Å². The largest absolute Gasteiger partial charge is 0.493 e. The minimum atomic E-state index is -0.583. The minimum absolute atomic E-state index is 0.147. The molecule has 3 aromatic carbocycles. The average molecular weight is 420 g/mol. The number of nitro benzene ring substituents is 1. The monoisotopic (exact) mass is 420 g/mol. The van der Waals surface area contributed by atoms with Gasteiger partial charge >= 0.3 is 6.03 Å². The van der Waals surface area contributed by atoms with E-state index >= 15 is 0 Å². The Morgan fingerprint density at radius 2 is 1.74 bits per heavy atom. The second-order valence-corrected chi connectivity index (χ2v) is 6.28. The van der Waals surface area contributed by atoms with Crippen molar-refractivity contribution < 1.29 is 19.2 Å². The number of rotatable bonds is 8. The molecule has 0 aliphatic carbocycles. The van der Waals surface area contributed by atoms with Crippen LogP contribution in [0, 0.1) is 10.1 Å². The number of nitro groups is 1. The molecule has 0 heterocycles. The summed E-state index contributed by atoms with van der Waals surface area (Å²) in [6.45, 7) is 0.225. The summed E-state index contributed by atoms with van der Waals surface area (Å²) < 4.78 is 11.0. The zero-order chi connectivity index (χ0) is 22.1. The Morgan fingerprint density at radius 3 is 2.39 bits per heavy atom. The summed E-state index contributed by atoms with van der Waals surface area (Å²) in [7, 11) is 1.43. The molecular weight excluding hydrogens is 400 g/mol. The minimum Gasteiger partial charge on any atom is -0.493 e. The Balaban J connectivity index is 1.73. The first-order valence-electron chi connectivity index (χ1n) is 9.25. The van der Waals surface area contributed by atoms with Gasteiger partial charge in [0.15, 0.2) is 11.5 Å². The van der Waals surface area contributed by atoms with E-state index < -0.39 is 11.0 Å². The Labute approximate surface area is 178 Å². The summed E-state index contributed by atoms with van der Waals surface area (Å²) in [6, 6.07) is 20.3. The number of nitrogens with zero attached hydrogens (tertiary/aromatic N) is 2. The molecule has 0 unspecified atom stereocenters. The maximum atomic E-state index is 11.9. The summed E-state index contributed by atoms with van der Waals surface area (Å²) in [5.74, 6) is 0.529. The fraction of sp³-hybridized carbons (Fsp3) is 0.0909. The van der Waals surface area contributed by atoms with Gasteiger partial charge in [-0.1, -0.05) is 48.5 Å². The fourth-order valence-corrected chi connectivity index (χ4v) is 2.68. The summed E-state index contributed by atoms with van der Waals surface area (Å²) in [6.07, 6.45) is 1.17. The number of hydrogen-bond donors (Lipinski definition) is 2. The summed E-state index contributed by atoms with van der Waals surface area (Å²) in [4.78, 5) is 22.9. The lowest BCUT2D eigenvalue weighted by atomic mass is 10.1. The number of hydrogen-bond acceptors (Lipinski definition) is 6. The molecule has 0 saturated heterocycles. The molecule has 0 bridgehead atoms. The van der Waals surface area contributed by atoms with Crippen LogP contribution in [0.25, 0.3) is 0 Å². The Kier molecular flexibility index (Phi) is 7.15. The first-order chi connectivity index (χ1) is 15.1. The number of nitrogens with one attached hydrogen (secondary N) is 2. The lowest BCUT2D eigenvalue weighted by Crippen LogP contribution is -2.24. The normalized spacial score (nSPS) is 10.5. The number of ether oxygens (including phenoxy) is 2. The fourth-order valence-electron chi connectivity index (χ4n) is 2.68. The van der Waals surface area contributed by atoms with E-state index in [1.54, 1.807) is 24.3 Å². The molecule has 2 N–H and O–H groups in total. The van der Waals surface area contributed by atoms with Crippen LogP contribution in [-0.4, -0.2) is 24.3 Å². The lowest BCUT2D eigenvalue weighted by molar-refractivity contribution is -0.385. The number of methoxy groups -OCH3 is 1. The summed E-state index contributed by atoms with van der Waals surface area (Å²) in [5.41, 5.74) is 3.67.